The molecule has 3 nitrogen and oxygen atoms in total. The lowest BCUT2D eigenvalue weighted by Crippen LogP contribution is -2.52. The van der Waals surface area contributed by atoms with Crippen LogP contribution < -0.4 is 5.32 Å². The Balaban J connectivity index is 2.08. The summed E-state index contributed by atoms with van der Waals surface area (Å²) in [5.41, 5.74) is 0.477. The van der Waals surface area contributed by atoms with Crippen LogP contribution >= 0.6 is 11.6 Å². The van der Waals surface area contributed by atoms with E-state index in [4.69, 9.17) is 11.6 Å². The molecule has 0 saturated carbocycles. The molecule has 4 heteroatoms. The molecule has 1 atom stereocenters. The molecular formula is C13H17ClN2O. The molecule has 1 aromatic rings. The first kappa shape index (κ1) is 12.5. The van der Waals surface area contributed by atoms with Gasteiger partial charge in [-0.15, -0.1) is 0 Å². The van der Waals surface area contributed by atoms with Crippen molar-refractivity contribution in [2.75, 3.05) is 6.54 Å². The normalized spacial score (nSPS) is 24.6. The van der Waals surface area contributed by atoms with Crippen LogP contribution in [-0.2, 0) is 11.2 Å². The number of carbonyl (C=O) groups is 1. The van der Waals surface area contributed by atoms with Crippen LogP contribution in [0, 0.1) is 0 Å². The van der Waals surface area contributed by atoms with Crippen molar-refractivity contribution in [3.63, 3.8) is 0 Å². The number of nitrogens with zero attached hydrogens (tertiary/aromatic N) is 1. The van der Waals surface area contributed by atoms with E-state index in [1.807, 2.05) is 13.0 Å². The average molecular weight is 253 g/mol. The molecule has 1 aliphatic rings. The Morgan fingerprint density at radius 3 is 3.06 bits per heavy atom. The average Bonchev–Trinajstić information content (AvgIpc) is 2.33. The first-order chi connectivity index (χ1) is 8.12. The van der Waals surface area contributed by atoms with E-state index in [2.05, 4.69) is 10.3 Å². The fourth-order valence-corrected chi connectivity index (χ4v) is 2.40. The summed E-state index contributed by atoms with van der Waals surface area (Å²) < 4.78 is 0. The lowest BCUT2D eigenvalue weighted by atomic mass is 9.84. The number of halogens is 1. The molecule has 0 amide bonds. The summed E-state index contributed by atoms with van der Waals surface area (Å²) in [4.78, 5) is 16.2. The van der Waals surface area contributed by atoms with Crippen LogP contribution in [0.1, 0.15) is 31.7 Å². The highest BCUT2D eigenvalue weighted by atomic mass is 35.5. The maximum absolute atomic E-state index is 12.3. The molecule has 0 radical (unpaired) electrons. The fraction of sp³-hybridized carbons (Fsp3) is 0.538. The molecule has 2 heterocycles. The van der Waals surface area contributed by atoms with Gasteiger partial charge in [0.1, 0.15) is 0 Å². The van der Waals surface area contributed by atoms with Crippen LogP contribution in [0.4, 0.5) is 0 Å². The summed E-state index contributed by atoms with van der Waals surface area (Å²) in [6.07, 6.45) is 6.81. The second-order valence-corrected chi connectivity index (χ2v) is 5.19. The number of hydrogen-bond acceptors (Lipinski definition) is 3. The van der Waals surface area contributed by atoms with E-state index < -0.39 is 0 Å². The number of carbonyl (C=O) groups excluding carboxylic acids is 1. The van der Waals surface area contributed by atoms with Crippen molar-refractivity contribution in [3.8, 4) is 0 Å². The molecule has 1 aromatic heterocycles. The Bertz CT molecular complexity index is 414. The van der Waals surface area contributed by atoms with Crippen molar-refractivity contribution in [2.24, 2.45) is 0 Å². The molecular weight excluding hydrogens is 236 g/mol. The SMILES string of the molecule is CC1(C(=O)Cc2ccncc2Cl)CCCCN1. The number of pyridine rings is 1. The van der Waals surface area contributed by atoms with Crippen molar-refractivity contribution < 1.29 is 4.79 Å². The van der Waals surface area contributed by atoms with Crippen molar-refractivity contribution in [3.05, 3.63) is 29.0 Å². The lowest BCUT2D eigenvalue weighted by molar-refractivity contribution is -0.125. The fourth-order valence-electron chi connectivity index (χ4n) is 2.21. The van der Waals surface area contributed by atoms with E-state index in [0.29, 0.717) is 11.4 Å². The van der Waals surface area contributed by atoms with Crippen LogP contribution in [0.3, 0.4) is 0 Å². The van der Waals surface area contributed by atoms with Crippen molar-refractivity contribution >= 4 is 17.4 Å². The molecule has 92 valence electrons. The highest BCUT2D eigenvalue weighted by Gasteiger charge is 2.33. The molecule has 2 rings (SSSR count). The van der Waals surface area contributed by atoms with Gasteiger partial charge < -0.3 is 5.32 Å². The molecule has 1 fully saturated rings. The number of piperidine rings is 1. The van der Waals surface area contributed by atoms with Gasteiger partial charge in [0, 0.05) is 18.8 Å². The predicted octanol–water partition coefficient (Wildman–Crippen LogP) is 2.38. The maximum atomic E-state index is 12.3. The minimum Gasteiger partial charge on any atom is -0.305 e. The number of ketones is 1. The third-order valence-corrected chi connectivity index (χ3v) is 3.78. The van der Waals surface area contributed by atoms with Crippen molar-refractivity contribution in [1.29, 1.82) is 0 Å². The largest absolute Gasteiger partial charge is 0.305 e. The summed E-state index contributed by atoms with van der Waals surface area (Å²) in [6.45, 7) is 2.91. The Hall–Kier alpha value is -0.930. The van der Waals surface area contributed by atoms with Crippen molar-refractivity contribution in [1.82, 2.24) is 10.3 Å². The highest BCUT2D eigenvalue weighted by Crippen LogP contribution is 2.23. The zero-order chi connectivity index (χ0) is 12.3. The molecule has 1 saturated heterocycles. The minimum atomic E-state index is -0.384. The van der Waals surface area contributed by atoms with Gasteiger partial charge >= 0.3 is 0 Å². The van der Waals surface area contributed by atoms with Gasteiger partial charge in [-0.2, -0.15) is 0 Å². The Morgan fingerprint density at radius 1 is 1.59 bits per heavy atom. The number of aromatic nitrogens is 1. The number of hydrogen-bond donors (Lipinski definition) is 1. The smallest absolute Gasteiger partial charge is 0.156 e. The van der Waals surface area contributed by atoms with Gasteiger partial charge in [-0.1, -0.05) is 11.6 Å². The number of Topliss-reactive ketones (excluding diaryl/α,β-unsaturated/α-hetero) is 1. The summed E-state index contributed by atoms with van der Waals surface area (Å²) in [6, 6.07) is 1.81. The first-order valence-corrected chi connectivity index (χ1v) is 6.36. The second kappa shape index (κ2) is 5.15. The van der Waals surface area contributed by atoms with Gasteiger partial charge in [0.2, 0.25) is 0 Å². The van der Waals surface area contributed by atoms with Gasteiger partial charge in [-0.3, -0.25) is 9.78 Å². The molecule has 1 aliphatic heterocycles. The van der Waals surface area contributed by atoms with Gasteiger partial charge in [-0.25, -0.2) is 0 Å². The third-order valence-electron chi connectivity index (χ3n) is 3.44. The molecule has 0 aromatic carbocycles. The monoisotopic (exact) mass is 252 g/mol. The molecule has 17 heavy (non-hydrogen) atoms. The maximum Gasteiger partial charge on any atom is 0.156 e. The van der Waals surface area contributed by atoms with E-state index in [9.17, 15) is 4.79 Å². The quantitative estimate of drug-likeness (QED) is 0.898. The number of nitrogens with one attached hydrogen (secondary N) is 1. The van der Waals surface area contributed by atoms with E-state index in [-0.39, 0.29) is 11.3 Å². The molecule has 0 bridgehead atoms. The second-order valence-electron chi connectivity index (χ2n) is 4.78. The minimum absolute atomic E-state index is 0.213. The lowest BCUT2D eigenvalue weighted by Gasteiger charge is -2.33. The summed E-state index contributed by atoms with van der Waals surface area (Å²) >= 11 is 6.02. The third kappa shape index (κ3) is 2.85. The van der Waals surface area contributed by atoms with E-state index >= 15 is 0 Å². The van der Waals surface area contributed by atoms with E-state index in [1.165, 1.54) is 0 Å². The number of rotatable bonds is 3. The Labute approximate surface area is 107 Å². The van der Waals surface area contributed by atoms with Crippen LogP contribution in [0.5, 0.6) is 0 Å². The zero-order valence-corrected chi connectivity index (χ0v) is 10.8. The van der Waals surface area contributed by atoms with E-state index in [0.717, 1.165) is 31.4 Å². The summed E-state index contributed by atoms with van der Waals surface area (Å²) in [5, 5.41) is 3.90. The predicted molar refractivity (Wildman–Crippen MR) is 68.2 cm³/mol. The van der Waals surface area contributed by atoms with Crippen LogP contribution in [0.15, 0.2) is 18.5 Å². The van der Waals surface area contributed by atoms with Crippen LogP contribution in [0.2, 0.25) is 5.02 Å². The first-order valence-electron chi connectivity index (χ1n) is 5.98. The molecule has 1 unspecified atom stereocenters. The molecule has 0 aliphatic carbocycles. The Morgan fingerprint density at radius 2 is 2.41 bits per heavy atom. The van der Waals surface area contributed by atoms with Crippen LogP contribution in [0.25, 0.3) is 0 Å². The van der Waals surface area contributed by atoms with Gasteiger partial charge in [0.15, 0.2) is 5.78 Å². The summed E-state index contributed by atoms with van der Waals surface area (Å²) in [7, 11) is 0. The highest BCUT2D eigenvalue weighted by molar-refractivity contribution is 6.31. The van der Waals surface area contributed by atoms with Crippen LogP contribution in [-0.4, -0.2) is 22.9 Å². The zero-order valence-electron chi connectivity index (χ0n) is 10.0. The Kier molecular flexibility index (Phi) is 3.79. The van der Waals surface area contributed by atoms with E-state index in [1.54, 1.807) is 12.4 Å². The summed E-state index contributed by atoms with van der Waals surface area (Å²) in [5.74, 6) is 0.213. The topological polar surface area (TPSA) is 42.0 Å². The van der Waals surface area contributed by atoms with Gasteiger partial charge in [-0.05, 0) is 44.4 Å². The standard InChI is InChI=1S/C13H17ClN2O/c1-13(5-2-3-6-16-13)12(17)8-10-4-7-15-9-11(10)14/h4,7,9,16H,2-3,5-6,8H2,1H3. The van der Waals surface area contributed by atoms with Crippen molar-refractivity contribution in [2.45, 2.75) is 38.1 Å². The molecule has 0 spiro atoms. The van der Waals surface area contributed by atoms with Gasteiger partial charge in [0.25, 0.3) is 0 Å². The molecule has 1 N–H and O–H groups in total. The van der Waals surface area contributed by atoms with Gasteiger partial charge in [0.05, 0.1) is 10.6 Å².